The first-order chi connectivity index (χ1) is 20.7. The zero-order chi connectivity index (χ0) is 30.4. The summed E-state index contributed by atoms with van der Waals surface area (Å²) in [6.07, 6.45) is 2.74. The maximum Gasteiger partial charge on any atom is 0.405 e. The van der Waals surface area contributed by atoms with E-state index < -0.39 is 24.5 Å². The molecule has 1 atom stereocenters. The number of pyridine rings is 1. The van der Waals surface area contributed by atoms with Crippen LogP contribution in [0.5, 0.6) is 0 Å². The van der Waals surface area contributed by atoms with Gasteiger partial charge in [-0.25, -0.2) is 9.97 Å². The van der Waals surface area contributed by atoms with Gasteiger partial charge in [-0.3, -0.25) is 14.7 Å². The Hall–Kier alpha value is -4.76. The Morgan fingerprint density at radius 2 is 2.02 bits per heavy atom. The molecule has 0 spiro atoms. The highest BCUT2D eigenvalue weighted by atomic mass is 19.4. The SMILES string of the molecule is NC(=O)c1cc(-c2[nH]ncc2NC(=O)c2coc(-c3ccnc(NCC(F)(F)F)c3)n2)ccc1COC[C@@H]1CCCCN1. The number of hydrogen-bond donors (Lipinski definition) is 5. The van der Waals surface area contributed by atoms with Crippen molar-refractivity contribution in [1.29, 1.82) is 0 Å². The summed E-state index contributed by atoms with van der Waals surface area (Å²) in [5, 5.41) is 15.1. The molecule has 0 radical (unpaired) electrons. The van der Waals surface area contributed by atoms with Crippen LogP contribution in [0.3, 0.4) is 0 Å². The molecule has 4 aromatic rings. The van der Waals surface area contributed by atoms with Gasteiger partial charge in [0.1, 0.15) is 18.6 Å². The molecular weight excluding hydrogens is 569 g/mol. The average Bonchev–Trinajstić information content (AvgIpc) is 3.67. The van der Waals surface area contributed by atoms with Crippen LogP contribution in [-0.2, 0) is 11.3 Å². The minimum Gasteiger partial charge on any atom is -0.444 e. The summed E-state index contributed by atoms with van der Waals surface area (Å²) in [6, 6.07) is 8.20. The van der Waals surface area contributed by atoms with Crippen molar-refractivity contribution >= 4 is 23.3 Å². The highest BCUT2D eigenvalue weighted by molar-refractivity contribution is 6.05. The van der Waals surface area contributed by atoms with E-state index in [-0.39, 0.29) is 35.6 Å². The number of halogens is 3. The predicted octanol–water partition coefficient (Wildman–Crippen LogP) is 4.11. The fourth-order valence-electron chi connectivity index (χ4n) is 4.61. The summed E-state index contributed by atoms with van der Waals surface area (Å²) in [4.78, 5) is 33.2. The molecule has 12 nitrogen and oxygen atoms in total. The van der Waals surface area contributed by atoms with Gasteiger partial charge in [-0.1, -0.05) is 18.6 Å². The first kappa shape index (κ1) is 29.7. The number of anilines is 2. The molecule has 6 N–H and O–H groups in total. The molecule has 1 aliphatic rings. The number of benzene rings is 1. The predicted molar refractivity (Wildman–Crippen MR) is 150 cm³/mol. The highest BCUT2D eigenvalue weighted by Gasteiger charge is 2.27. The number of nitrogens with two attached hydrogens (primary N) is 1. The summed E-state index contributed by atoms with van der Waals surface area (Å²) in [6.45, 7) is 0.450. The molecule has 1 aromatic carbocycles. The molecule has 1 aliphatic heterocycles. The zero-order valence-electron chi connectivity index (χ0n) is 22.8. The Bertz CT molecular complexity index is 1580. The average molecular weight is 599 g/mol. The van der Waals surface area contributed by atoms with Crippen molar-refractivity contribution in [3.63, 3.8) is 0 Å². The Morgan fingerprint density at radius 3 is 2.79 bits per heavy atom. The third-order valence-electron chi connectivity index (χ3n) is 6.75. The van der Waals surface area contributed by atoms with Crippen molar-refractivity contribution in [1.82, 2.24) is 25.5 Å². The summed E-state index contributed by atoms with van der Waals surface area (Å²) in [5.74, 6) is -1.27. The molecule has 1 fully saturated rings. The van der Waals surface area contributed by atoms with Crippen LogP contribution in [0.25, 0.3) is 22.7 Å². The van der Waals surface area contributed by atoms with Crippen molar-refractivity contribution in [2.75, 3.05) is 30.3 Å². The number of carbonyl (C=O) groups is 2. The van der Waals surface area contributed by atoms with E-state index in [2.05, 4.69) is 36.1 Å². The lowest BCUT2D eigenvalue weighted by molar-refractivity contribution is -0.115. The third kappa shape index (κ3) is 7.75. The molecular formula is C28H29F3N8O4. The van der Waals surface area contributed by atoms with E-state index in [1.807, 2.05) is 0 Å². The van der Waals surface area contributed by atoms with Gasteiger partial charge in [0.2, 0.25) is 11.8 Å². The van der Waals surface area contributed by atoms with E-state index >= 15 is 0 Å². The number of H-pyrrole nitrogens is 1. The number of nitrogens with zero attached hydrogens (tertiary/aromatic N) is 3. The van der Waals surface area contributed by atoms with Crippen LogP contribution < -0.4 is 21.7 Å². The quantitative estimate of drug-likeness (QED) is 0.170. The lowest BCUT2D eigenvalue weighted by Crippen LogP contribution is -2.37. The second kappa shape index (κ2) is 13.0. The largest absolute Gasteiger partial charge is 0.444 e. The maximum absolute atomic E-state index is 13.0. The number of rotatable bonds is 11. The number of oxazole rings is 1. The van der Waals surface area contributed by atoms with Gasteiger partial charge in [0.05, 0.1) is 30.8 Å². The molecule has 0 aliphatic carbocycles. The molecule has 2 amide bonds. The highest BCUT2D eigenvalue weighted by Crippen LogP contribution is 2.29. The number of primary amides is 1. The van der Waals surface area contributed by atoms with Crippen LogP contribution in [0.2, 0.25) is 0 Å². The molecule has 5 rings (SSSR count). The number of ether oxygens (including phenoxy) is 1. The Labute approximate surface area is 243 Å². The number of alkyl halides is 3. The van der Waals surface area contributed by atoms with Crippen molar-refractivity contribution in [3.8, 4) is 22.7 Å². The normalized spacial score (nSPS) is 15.3. The zero-order valence-corrected chi connectivity index (χ0v) is 22.8. The second-order valence-corrected chi connectivity index (χ2v) is 9.95. The first-order valence-electron chi connectivity index (χ1n) is 13.5. The summed E-state index contributed by atoms with van der Waals surface area (Å²) >= 11 is 0. The number of carbonyl (C=O) groups excluding carboxylic acids is 2. The summed E-state index contributed by atoms with van der Waals surface area (Å²) in [7, 11) is 0. The van der Waals surface area contributed by atoms with Gasteiger partial charge in [-0.2, -0.15) is 18.3 Å². The molecule has 1 saturated heterocycles. The topological polar surface area (TPSA) is 173 Å². The van der Waals surface area contributed by atoms with Gasteiger partial charge in [0, 0.05) is 28.9 Å². The van der Waals surface area contributed by atoms with Crippen LogP contribution in [0, 0.1) is 0 Å². The number of nitrogens with one attached hydrogen (secondary N) is 4. The Balaban J connectivity index is 1.26. The molecule has 0 bridgehead atoms. The number of aromatic amines is 1. The molecule has 0 saturated carbocycles. The fourth-order valence-corrected chi connectivity index (χ4v) is 4.61. The first-order valence-corrected chi connectivity index (χ1v) is 13.5. The Morgan fingerprint density at radius 1 is 1.16 bits per heavy atom. The van der Waals surface area contributed by atoms with E-state index in [9.17, 15) is 22.8 Å². The van der Waals surface area contributed by atoms with Gasteiger partial charge in [0.15, 0.2) is 5.69 Å². The summed E-state index contributed by atoms with van der Waals surface area (Å²) in [5.41, 5.74) is 8.10. The van der Waals surface area contributed by atoms with Crippen molar-refractivity contribution < 1.29 is 31.9 Å². The van der Waals surface area contributed by atoms with Gasteiger partial charge in [-0.05, 0) is 43.1 Å². The van der Waals surface area contributed by atoms with Crippen LogP contribution >= 0.6 is 0 Å². The van der Waals surface area contributed by atoms with E-state index in [1.165, 1.54) is 24.5 Å². The molecule has 0 unspecified atom stereocenters. The van der Waals surface area contributed by atoms with E-state index in [1.54, 1.807) is 18.2 Å². The molecule has 4 heterocycles. The minimum absolute atomic E-state index is 0.0122. The van der Waals surface area contributed by atoms with Crippen LogP contribution in [-0.4, -0.2) is 63.9 Å². The van der Waals surface area contributed by atoms with Gasteiger partial charge >= 0.3 is 6.18 Å². The van der Waals surface area contributed by atoms with Crippen LogP contribution in [0.15, 0.2) is 53.4 Å². The number of piperidine rings is 1. The molecule has 226 valence electrons. The lowest BCUT2D eigenvalue weighted by atomic mass is 10.0. The number of amides is 2. The summed E-state index contributed by atoms with van der Waals surface area (Å²) < 4.78 is 48.8. The molecule has 43 heavy (non-hydrogen) atoms. The van der Waals surface area contributed by atoms with E-state index in [0.717, 1.165) is 32.1 Å². The monoisotopic (exact) mass is 598 g/mol. The smallest absolute Gasteiger partial charge is 0.405 e. The van der Waals surface area contributed by atoms with Crippen molar-refractivity contribution in [2.24, 2.45) is 5.73 Å². The van der Waals surface area contributed by atoms with Crippen molar-refractivity contribution in [3.05, 3.63) is 65.8 Å². The third-order valence-corrected chi connectivity index (χ3v) is 6.75. The minimum atomic E-state index is -4.41. The molecule has 15 heteroatoms. The number of hydrogen-bond acceptors (Lipinski definition) is 9. The van der Waals surface area contributed by atoms with Gasteiger partial charge < -0.3 is 30.8 Å². The van der Waals surface area contributed by atoms with E-state index in [0.29, 0.717) is 34.7 Å². The van der Waals surface area contributed by atoms with Crippen LogP contribution in [0.1, 0.15) is 45.7 Å². The van der Waals surface area contributed by atoms with Gasteiger partial charge in [-0.15, -0.1) is 0 Å². The number of aromatic nitrogens is 4. The Kier molecular flexibility index (Phi) is 9.01. The van der Waals surface area contributed by atoms with E-state index in [4.69, 9.17) is 14.9 Å². The molecule has 3 aromatic heterocycles. The maximum atomic E-state index is 13.0. The van der Waals surface area contributed by atoms with Crippen molar-refractivity contribution in [2.45, 2.75) is 38.1 Å². The standard InChI is InChI=1S/C28H29F3N8O4/c29-28(30,31)15-35-23-10-17(6-8-34-23)27-38-22(14-43-27)26(41)37-21-11-36-39-24(21)16-4-5-18(20(9-16)25(32)40)12-42-13-19-3-1-2-7-33-19/h4-6,8-11,14,19,33H,1-3,7,12-13,15H2,(H2,32,40)(H,34,35)(H,36,39)(H,37,41)/t19-/m0/s1. The lowest BCUT2D eigenvalue weighted by Gasteiger charge is -2.23. The van der Waals surface area contributed by atoms with Crippen LogP contribution in [0.4, 0.5) is 24.7 Å². The fraction of sp³-hybridized carbons (Fsp3) is 0.321. The second-order valence-electron chi connectivity index (χ2n) is 9.95. The van der Waals surface area contributed by atoms with Gasteiger partial charge in [0.25, 0.3) is 5.91 Å².